The van der Waals surface area contributed by atoms with E-state index in [0.29, 0.717) is 41.8 Å². The lowest BCUT2D eigenvalue weighted by molar-refractivity contribution is -0.127. The third kappa shape index (κ3) is 5.11. The summed E-state index contributed by atoms with van der Waals surface area (Å²) in [6, 6.07) is 17.0. The number of nitrogens with zero attached hydrogens (tertiary/aromatic N) is 1. The number of carbonyl (C=O) groups is 2. The molecule has 1 heterocycles. The van der Waals surface area contributed by atoms with E-state index in [9.17, 15) is 9.59 Å². The largest absolute Gasteiger partial charge is 0.493 e. The van der Waals surface area contributed by atoms with Gasteiger partial charge in [0.05, 0.1) is 23.3 Å². The number of anilines is 2. The Labute approximate surface area is 207 Å². The second-order valence-corrected chi connectivity index (χ2v) is 10.0. The molecule has 0 saturated carbocycles. The number of amides is 2. The molecule has 0 fully saturated rings. The van der Waals surface area contributed by atoms with Gasteiger partial charge in [0.1, 0.15) is 18.1 Å². The predicted molar refractivity (Wildman–Crippen MR) is 141 cm³/mol. The molecule has 1 aliphatic heterocycles. The van der Waals surface area contributed by atoms with E-state index in [0.717, 1.165) is 22.9 Å². The van der Waals surface area contributed by atoms with Gasteiger partial charge in [-0.3, -0.25) is 9.59 Å². The van der Waals surface area contributed by atoms with E-state index in [2.05, 4.69) is 19.2 Å². The van der Waals surface area contributed by atoms with Gasteiger partial charge in [0.25, 0.3) is 5.91 Å². The van der Waals surface area contributed by atoms with Crippen LogP contribution in [0.5, 0.6) is 11.5 Å². The average molecular weight is 475 g/mol. The van der Waals surface area contributed by atoms with E-state index in [1.54, 1.807) is 6.07 Å². The quantitative estimate of drug-likeness (QED) is 0.437. The van der Waals surface area contributed by atoms with Crippen molar-refractivity contribution < 1.29 is 19.1 Å². The number of carbonyl (C=O) groups excluding carboxylic acids is 2. The molecule has 0 unspecified atom stereocenters. The molecule has 6 heteroatoms. The summed E-state index contributed by atoms with van der Waals surface area (Å²) >= 11 is 0. The van der Waals surface area contributed by atoms with Crippen LogP contribution < -0.4 is 19.7 Å². The first-order valence-electron chi connectivity index (χ1n) is 12.3. The van der Waals surface area contributed by atoms with Crippen molar-refractivity contribution in [2.75, 3.05) is 30.0 Å². The topological polar surface area (TPSA) is 67.9 Å². The van der Waals surface area contributed by atoms with Crippen LogP contribution in [0.2, 0.25) is 0 Å². The van der Waals surface area contributed by atoms with Crippen molar-refractivity contribution in [1.82, 2.24) is 0 Å². The fourth-order valence-electron chi connectivity index (χ4n) is 4.29. The van der Waals surface area contributed by atoms with Gasteiger partial charge in [-0.25, -0.2) is 0 Å². The number of nitrogens with one attached hydrogen (secondary N) is 1. The Hall–Kier alpha value is -3.54. The lowest BCUT2D eigenvalue weighted by Crippen LogP contribution is -2.42. The highest BCUT2D eigenvalue weighted by Gasteiger charge is 2.37. The van der Waals surface area contributed by atoms with E-state index in [1.807, 2.05) is 74.2 Å². The number of rotatable bonds is 7. The number of ether oxygens (including phenoxy) is 2. The molecule has 3 aromatic rings. The minimum absolute atomic E-state index is 0.0470. The SMILES string of the molecule is CCOc1ccc2ccccc2c1C(=O)Nc1ccc2c(c1)OCC(C)(C)C(=O)N2CCC(C)C. The first-order valence-corrected chi connectivity index (χ1v) is 12.3. The van der Waals surface area contributed by atoms with Gasteiger partial charge in [0, 0.05) is 18.3 Å². The average Bonchev–Trinajstić information content (AvgIpc) is 2.92. The molecule has 0 aliphatic carbocycles. The maximum absolute atomic E-state index is 13.5. The van der Waals surface area contributed by atoms with E-state index in [-0.39, 0.29) is 18.4 Å². The van der Waals surface area contributed by atoms with Crippen molar-refractivity contribution in [1.29, 1.82) is 0 Å². The van der Waals surface area contributed by atoms with Crippen LogP contribution in [-0.2, 0) is 4.79 Å². The van der Waals surface area contributed by atoms with Crippen molar-refractivity contribution in [3.63, 3.8) is 0 Å². The lowest BCUT2D eigenvalue weighted by Gasteiger charge is -2.28. The number of benzene rings is 3. The van der Waals surface area contributed by atoms with Crippen molar-refractivity contribution in [3.8, 4) is 11.5 Å². The van der Waals surface area contributed by atoms with E-state index in [4.69, 9.17) is 9.47 Å². The summed E-state index contributed by atoms with van der Waals surface area (Å²) in [7, 11) is 0. The maximum atomic E-state index is 13.5. The summed E-state index contributed by atoms with van der Waals surface area (Å²) in [6.45, 7) is 11.3. The highest BCUT2D eigenvalue weighted by molar-refractivity contribution is 6.15. The molecule has 35 heavy (non-hydrogen) atoms. The van der Waals surface area contributed by atoms with E-state index < -0.39 is 5.41 Å². The van der Waals surface area contributed by atoms with Gasteiger partial charge in [0.2, 0.25) is 5.91 Å². The molecule has 0 saturated heterocycles. The lowest BCUT2D eigenvalue weighted by atomic mass is 9.92. The highest BCUT2D eigenvalue weighted by atomic mass is 16.5. The van der Waals surface area contributed by atoms with Crippen LogP contribution in [0.25, 0.3) is 10.8 Å². The molecule has 1 N–H and O–H groups in total. The third-order valence-electron chi connectivity index (χ3n) is 6.27. The first-order chi connectivity index (χ1) is 16.7. The fraction of sp³-hybridized carbons (Fsp3) is 0.379. The zero-order valence-electron chi connectivity index (χ0n) is 21.2. The van der Waals surface area contributed by atoms with Crippen LogP contribution in [-0.4, -0.2) is 31.6 Å². The number of fused-ring (bicyclic) bond motifs is 2. The van der Waals surface area contributed by atoms with Gasteiger partial charge in [-0.2, -0.15) is 0 Å². The Morgan fingerprint density at radius 3 is 2.66 bits per heavy atom. The van der Waals surface area contributed by atoms with Gasteiger partial charge in [0.15, 0.2) is 0 Å². The Morgan fingerprint density at radius 1 is 1.14 bits per heavy atom. The number of hydrogen-bond donors (Lipinski definition) is 1. The zero-order valence-corrected chi connectivity index (χ0v) is 21.2. The minimum Gasteiger partial charge on any atom is -0.493 e. The molecular formula is C29H34N2O4. The molecule has 6 nitrogen and oxygen atoms in total. The molecule has 4 rings (SSSR count). The second kappa shape index (κ2) is 9.98. The molecule has 2 amide bonds. The van der Waals surface area contributed by atoms with Crippen LogP contribution in [0.4, 0.5) is 11.4 Å². The number of hydrogen-bond acceptors (Lipinski definition) is 4. The third-order valence-corrected chi connectivity index (χ3v) is 6.27. The molecule has 0 atom stereocenters. The Bertz CT molecular complexity index is 1250. The molecular weight excluding hydrogens is 440 g/mol. The molecule has 0 bridgehead atoms. The molecule has 1 aliphatic rings. The van der Waals surface area contributed by atoms with Crippen molar-refractivity contribution in [3.05, 3.63) is 60.2 Å². The van der Waals surface area contributed by atoms with Crippen molar-refractivity contribution in [2.45, 2.75) is 41.0 Å². The maximum Gasteiger partial charge on any atom is 0.260 e. The Morgan fingerprint density at radius 2 is 1.91 bits per heavy atom. The monoisotopic (exact) mass is 474 g/mol. The molecule has 0 spiro atoms. The summed E-state index contributed by atoms with van der Waals surface area (Å²) in [5.41, 5.74) is 1.18. The summed E-state index contributed by atoms with van der Waals surface area (Å²) in [4.78, 5) is 28.6. The Balaban J connectivity index is 1.68. The molecule has 0 aromatic heterocycles. The second-order valence-electron chi connectivity index (χ2n) is 10.0. The Kier molecular flexibility index (Phi) is 7.01. The smallest absolute Gasteiger partial charge is 0.260 e. The summed E-state index contributed by atoms with van der Waals surface area (Å²) in [6.07, 6.45) is 0.890. The van der Waals surface area contributed by atoms with Gasteiger partial charge in [-0.15, -0.1) is 0 Å². The minimum atomic E-state index is -0.644. The van der Waals surface area contributed by atoms with Gasteiger partial charge < -0.3 is 19.7 Å². The normalized spacial score (nSPS) is 14.9. The first kappa shape index (κ1) is 24.6. The van der Waals surface area contributed by atoms with Crippen LogP contribution in [0.1, 0.15) is 51.4 Å². The highest BCUT2D eigenvalue weighted by Crippen LogP contribution is 2.39. The van der Waals surface area contributed by atoms with Crippen LogP contribution in [0, 0.1) is 11.3 Å². The van der Waals surface area contributed by atoms with Crippen molar-refractivity contribution >= 4 is 34.0 Å². The van der Waals surface area contributed by atoms with Gasteiger partial charge in [-0.05, 0) is 62.1 Å². The van der Waals surface area contributed by atoms with Crippen LogP contribution in [0.3, 0.4) is 0 Å². The zero-order chi connectivity index (χ0) is 25.2. The summed E-state index contributed by atoms with van der Waals surface area (Å²) < 4.78 is 11.9. The standard InChI is InChI=1S/C29H34N2O4/c1-6-34-24-14-11-20-9-7-8-10-22(20)26(24)27(32)30-21-12-13-23-25(17-21)35-18-29(4,5)28(33)31(23)16-15-19(2)3/h7-14,17,19H,6,15-16,18H2,1-5H3,(H,30,32). The van der Waals surface area contributed by atoms with E-state index >= 15 is 0 Å². The van der Waals surface area contributed by atoms with Crippen molar-refractivity contribution in [2.24, 2.45) is 11.3 Å². The molecule has 3 aromatic carbocycles. The van der Waals surface area contributed by atoms with Gasteiger partial charge >= 0.3 is 0 Å². The van der Waals surface area contributed by atoms with Gasteiger partial charge in [-0.1, -0.05) is 44.2 Å². The summed E-state index contributed by atoms with van der Waals surface area (Å²) in [5, 5.41) is 4.81. The predicted octanol–water partition coefficient (Wildman–Crippen LogP) is 6.29. The fourth-order valence-corrected chi connectivity index (χ4v) is 4.29. The molecule has 0 radical (unpaired) electrons. The van der Waals surface area contributed by atoms with Crippen LogP contribution in [0.15, 0.2) is 54.6 Å². The van der Waals surface area contributed by atoms with Crippen LogP contribution >= 0.6 is 0 Å². The summed E-state index contributed by atoms with van der Waals surface area (Å²) in [5.74, 6) is 1.39. The molecule has 184 valence electrons. The van der Waals surface area contributed by atoms with E-state index in [1.165, 1.54) is 0 Å².